The molecule has 0 amide bonds. The van der Waals surface area contributed by atoms with Crippen molar-refractivity contribution < 1.29 is 5.11 Å². The quantitative estimate of drug-likeness (QED) is 0.777. The van der Waals surface area contributed by atoms with E-state index in [1.165, 1.54) is 0 Å². The summed E-state index contributed by atoms with van der Waals surface area (Å²) < 4.78 is 0. The van der Waals surface area contributed by atoms with Gasteiger partial charge in [0.15, 0.2) is 0 Å². The minimum atomic E-state index is -0.882. The predicted octanol–water partition coefficient (Wildman–Crippen LogP) is 3.36. The number of nitrogens with zero attached hydrogens (tertiary/aromatic N) is 2. The largest absolute Gasteiger partial charge is 0.382 e. The minimum Gasteiger partial charge on any atom is -0.382 e. The van der Waals surface area contributed by atoms with Gasteiger partial charge in [0.2, 0.25) is 0 Å². The Morgan fingerprint density at radius 3 is 2.53 bits per heavy atom. The first-order valence-electron chi connectivity index (χ1n) is 5.89. The van der Waals surface area contributed by atoms with Crippen molar-refractivity contribution in [1.29, 1.82) is 0 Å². The van der Waals surface area contributed by atoms with E-state index < -0.39 is 6.10 Å². The molecule has 0 bridgehead atoms. The monoisotopic (exact) mass is 270 g/mol. The fraction of sp³-hybridized carbons (Fsp3) is 0.0667. The second-order valence-electron chi connectivity index (χ2n) is 4.20. The number of aliphatic hydroxyl groups excluding tert-OH is 1. The zero-order valence-electron chi connectivity index (χ0n) is 9.99. The van der Waals surface area contributed by atoms with Gasteiger partial charge in [-0.1, -0.05) is 35.9 Å². The summed E-state index contributed by atoms with van der Waals surface area (Å²) in [4.78, 5) is 8.48. The summed E-state index contributed by atoms with van der Waals surface area (Å²) in [5, 5.41) is 11.9. The predicted molar refractivity (Wildman–Crippen MR) is 75.1 cm³/mol. The maximum absolute atomic E-state index is 10.5. The molecule has 2 aromatic heterocycles. The summed E-state index contributed by atoms with van der Waals surface area (Å²) in [6, 6.07) is 13.0. The maximum Gasteiger partial charge on any atom is 0.125 e. The molecule has 1 atom stereocenters. The molecule has 0 radical (unpaired) electrons. The van der Waals surface area contributed by atoms with Crippen molar-refractivity contribution in [2.75, 3.05) is 0 Å². The van der Waals surface area contributed by atoms with Crippen LogP contribution in [0.25, 0.3) is 10.9 Å². The van der Waals surface area contributed by atoms with E-state index in [2.05, 4.69) is 9.97 Å². The van der Waals surface area contributed by atoms with Gasteiger partial charge in [-0.3, -0.25) is 9.97 Å². The highest BCUT2D eigenvalue weighted by Crippen LogP contribution is 2.29. The summed E-state index contributed by atoms with van der Waals surface area (Å²) in [6.07, 6.45) is 2.44. The van der Waals surface area contributed by atoms with E-state index in [0.717, 1.165) is 10.9 Å². The van der Waals surface area contributed by atoms with Crippen molar-refractivity contribution in [2.45, 2.75) is 6.10 Å². The Labute approximate surface area is 115 Å². The van der Waals surface area contributed by atoms with Gasteiger partial charge in [-0.25, -0.2) is 0 Å². The van der Waals surface area contributed by atoms with E-state index in [1.54, 1.807) is 24.5 Å². The molecule has 0 aliphatic heterocycles. The third-order valence-electron chi connectivity index (χ3n) is 3.00. The molecule has 19 heavy (non-hydrogen) atoms. The fourth-order valence-corrected chi connectivity index (χ4v) is 2.32. The first kappa shape index (κ1) is 12.1. The molecule has 3 nitrogen and oxygen atoms in total. The van der Waals surface area contributed by atoms with Crippen LogP contribution in [0.15, 0.2) is 54.9 Å². The highest BCUT2D eigenvalue weighted by atomic mass is 35.5. The van der Waals surface area contributed by atoms with Crippen LogP contribution < -0.4 is 0 Å². The van der Waals surface area contributed by atoms with Crippen LogP contribution in [-0.4, -0.2) is 15.1 Å². The lowest BCUT2D eigenvalue weighted by Crippen LogP contribution is -2.04. The molecule has 0 spiro atoms. The third kappa shape index (κ3) is 2.18. The molecule has 94 valence electrons. The van der Waals surface area contributed by atoms with Crippen molar-refractivity contribution in [3.05, 3.63) is 71.1 Å². The Morgan fingerprint density at radius 2 is 1.68 bits per heavy atom. The van der Waals surface area contributed by atoms with E-state index in [0.29, 0.717) is 16.3 Å². The van der Waals surface area contributed by atoms with Crippen LogP contribution in [-0.2, 0) is 0 Å². The van der Waals surface area contributed by atoms with Crippen LogP contribution >= 0.6 is 11.6 Å². The van der Waals surface area contributed by atoms with Gasteiger partial charge in [0, 0.05) is 23.3 Å². The average Bonchev–Trinajstić information content (AvgIpc) is 2.46. The molecule has 0 saturated carbocycles. The molecule has 2 heterocycles. The summed E-state index contributed by atoms with van der Waals surface area (Å²) >= 11 is 6.08. The van der Waals surface area contributed by atoms with Crippen LogP contribution in [0.2, 0.25) is 5.02 Å². The summed E-state index contributed by atoms with van der Waals surface area (Å²) in [5.74, 6) is 0. The number of fused-ring (bicyclic) bond motifs is 1. The Morgan fingerprint density at radius 1 is 0.947 bits per heavy atom. The van der Waals surface area contributed by atoms with Crippen LogP contribution in [0.3, 0.4) is 0 Å². The lowest BCUT2D eigenvalue weighted by molar-refractivity contribution is 0.217. The molecule has 0 aliphatic rings. The number of para-hydroxylation sites is 1. The zero-order chi connectivity index (χ0) is 13.2. The lowest BCUT2D eigenvalue weighted by atomic mass is 10.0. The second kappa shape index (κ2) is 4.96. The number of halogens is 1. The van der Waals surface area contributed by atoms with E-state index in [-0.39, 0.29) is 0 Å². The Bertz CT molecular complexity index is 725. The van der Waals surface area contributed by atoms with Gasteiger partial charge in [-0.15, -0.1) is 0 Å². The number of hydrogen-bond acceptors (Lipinski definition) is 3. The molecule has 1 aromatic carbocycles. The highest BCUT2D eigenvalue weighted by Gasteiger charge is 2.17. The smallest absolute Gasteiger partial charge is 0.125 e. The van der Waals surface area contributed by atoms with E-state index in [9.17, 15) is 5.11 Å². The number of aromatic nitrogens is 2. The number of hydrogen-bond donors (Lipinski definition) is 1. The summed E-state index contributed by atoms with van der Waals surface area (Å²) in [6.45, 7) is 0. The van der Waals surface area contributed by atoms with Crippen molar-refractivity contribution in [3.63, 3.8) is 0 Å². The molecular formula is C15H11ClN2O. The number of pyridine rings is 2. The van der Waals surface area contributed by atoms with Gasteiger partial charge in [-0.2, -0.15) is 0 Å². The van der Waals surface area contributed by atoms with Crippen LogP contribution in [0, 0.1) is 0 Å². The van der Waals surface area contributed by atoms with Crippen LogP contribution in [0.4, 0.5) is 0 Å². The standard InChI is InChI=1S/C15H11ClN2O/c16-12-7-3-9-18-14(12)15(19)11-6-1-4-10-5-2-8-17-13(10)11/h1-9,15,19H. The minimum absolute atomic E-state index is 0.447. The normalized spacial score (nSPS) is 12.5. The lowest BCUT2D eigenvalue weighted by Gasteiger charge is -2.13. The van der Waals surface area contributed by atoms with Crippen molar-refractivity contribution >= 4 is 22.5 Å². The van der Waals surface area contributed by atoms with Crippen LogP contribution in [0.1, 0.15) is 17.4 Å². The topological polar surface area (TPSA) is 46.0 Å². The van der Waals surface area contributed by atoms with E-state index >= 15 is 0 Å². The Balaban J connectivity index is 2.17. The van der Waals surface area contributed by atoms with Crippen LogP contribution in [0.5, 0.6) is 0 Å². The molecule has 1 unspecified atom stereocenters. The number of rotatable bonds is 2. The second-order valence-corrected chi connectivity index (χ2v) is 4.60. The molecule has 1 N–H and O–H groups in total. The molecular weight excluding hydrogens is 260 g/mol. The first-order valence-corrected chi connectivity index (χ1v) is 6.27. The van der Waals surface area contributed by atoms with E-state index in [1.807, 2.05) is 30.3 Å². The average molecular weight is 271 g/mol. The fourth-order valence-electron chi connectivity index (χ4n) is 2.09. The third-order valence-corrected chi connectivity index (χ3v) is 3.32. The van der Waals surface area contributed by atoms with Gasteiger partial charge in [0.25, 0.3) is 0 Å². The number of benzene rings is 1. The Hall–Kier alpha value is -1.97. The van der Waals surface area contributed by atoms with Gasteiger partial charge >= 0.3 is 0 Å². The molecule has 0 fully saturated rings. The van der Waals surface area contributed by atoms with Crippen molar-refractivity contribution in [3.8, 4) is 0 Å². The number of aliphatic hydroxyl groups is 1. The highest BCUT2D eigenvalue weighted by molar-refractivity contribution is 6.31. The Kier molecular flexibility index (Phi) is 3.15. The summed E-state index contributed by atoms with van der Waals surface area (Å²) in [5.41, 5.74) is 1.92. The van der Waals surface area contributed by atoms with Crippen molar-refractivity contribution in [1.82, 2.24) is 9.97 Å². The molecule has 0 saturated heterocycles. The maximum atomic E-state index is 10.5. The van der Waals surface area contributed by atoms with Crippen molar-refractivity contribution in [2.24, 2.45) is 0 Å². The zero-order valence-corrected chi connectivity index (χ0v) is 10.7. The SMILES string of the molecule is OC(c1ncccc1Cl)c1cccc2cccnc12. The molecule has 3 aromatic rings. The van der Waals surface area contributed by atoms with Gasteiger partial charge in [0.1, 0.15) is 6.10 Å². The summed E-state index contributed by atoms with van der Waals surface area (Å²) in [7, 11) is 0. The van der Waals surface area contributed by atoms with Gasteiger partial charge in [-0.05, 0) is 18.2 Å². The molecule has 4 heteroatoms. The van der Waals surface area contributed by atoms with Gasteiger partial charge < -0.3 is 5.11 Å². The molecule has 0 aliphatic carbocycles. The van der Waals surface area contributed by atoms with E-state index in [4.69, 9.17) is 11.6 Å². The first-order chi connectivity index (χ1) is 9.27. The molecule has 3 rings (SSSR count). The van der Waals surface area contributed by atoms with Gasteiger partial charge in [0.05, 0.1) is 16.2 Å².